The van der Waals surface area contributed by atoms with E-state index in [9.17, 15) is 9.59 Å². The molecule has 1 saturated heterocycles. The molecular formula is C12H13NO5. The highest BCUT2D eigenvalue weighted by molar-refractivity contribution is 5.88. The van der Waals surface area contributed by atoms with Crippen LogP contribution in [0.4, 0.5) is 4.79 Å². The molecule has 96 valence electrons. The number of ether oxygens (including phenoxy) is 2. The van der Waals surface area contributed by atoms with E-state index >= 15 is 0 Å². The Morgan fingerprint density at radius 2 is 2.33 bits per heavy atom. The standard InChI is InChI=1S/C12H13NO5/c1-7-2-8(11(14)15)4-9(3-7)17-6-10-5-13-12(16)18-10/h2-4,10H,5-6H2,1H3,(H,13,16)(H,14,15). The third-order valence-electron chi connectivity index (χ3n) is 2.48. The van der Waals surface area contributed by atoms with E-state index in [2.05, 4.69) is 5.32 Å². The molecule has 1 aromatic rings. The summed E-state index contributed by atoms with van der Waals surface area (Å²) >= 11 is 0. The lowest BCUT2D eigenvalue weighted by atomic mass is 10.1. The van der Waals surface area contributed by atoms with Crippen LogP contribution in [-0.2, 0) is 4.74 Å². The summed E-state index contributed by atoms with van der Waals surface area (Å²) in [6, 6.07) is 4.74. The summed E-state index contributed by atoms with van der Waals surface area (Å²) in [4.78, 5) is 21.7. The summed E-state index contributed by atoms with van der Waals surface area (Å²) in [5.41, 5.74) is 0.970. The van der Waals surface area contributed by atoms with Gasteiger partial charge in [-0.25, -0.2) is 9.59 Å². The van der Waals surface area contributed by atoms with E-state index in [1.807, 2.05) is 0 Å². The summed E-state index contributed by atoms with van der Waals surface area (Å²) in [5, 5.41) is 11.4. The molecule has 1 aliphatic heterocycles. The zero-order valence-electron chi connectivity index (χ0n) is 9.80. The molecule has 1 heterocycles. The van der Waals surface area contributed by atoms with Gasteiger partial charge in [0, 0.05) is 0 Å². The smallest absolute Gasteiger partial charge is 0.407 e. The van der Waals surface area contributed by atoms with Crippen LogP contribution in [0.5, 0.6) is 5.75 Å². The fourth-order valence-corrected chi connectivity index (χ4v) is 1.67. The van der Waals surface area contributed by atoms with Gasteiger partial charge in [-0.15, -0.1) is 0 Å². The first-order chi connectivity index (χ1) is 8.54. The molecule has 1 amide bonds. The average Bonchev–Trinajstić information content (AvgIpc) is 2.72. The number of amides is 1. The summed E-state index contributed by atoms with van der Waals surface area (Å²) in [5.74, 6) is -0.548. The van der Waals surface area contributed by atoms with Gasteiger partial charge < -0.3 is 19.9 Å². The number of carbonyl (C=O) groups excluding carboxylic acids is 1. The molecule has 1 atom stereocenters. The lowest BCUT2D eigenvalue weighted by molar-refractivity contribution is 0.0696. The summed E-state index contributed by atoms with van der Waals surface area (Å²) < 4.78 is 10.3. The first-order valence-corrected chi connectivity index (χ1v) is 5.47. The molecule has 0 aromatic heterocycles. The lowest BCUT2D eigenvalue weighted by Gasteiger charge is -2.11. The molecule has 18 heavy (non-hydrogen) atoms. The van der Waals surface area contributed by atoms with E-state index < -0.39 is 12.1 Å². The fourth-order valence-electron chi connectivity index (χ4n) is 1.67. The minimum absolute atomic E-state index is 0.173. The monoisotopic (exact) mass is 251 g/mol. The van der Waals surface area contributed by atoms with Crippen LogP contribution in [-0.4, -0.2) is 36.4 Å². The van der Waals surface area contributed by atoms with Crippen molar-refractivity contribution in [3.05, 3.63) is 29.3 Å². The van der Waals surface area contributed by atoms with Crippen molar-refractivity contribution in [2.45, 2.75) is 13.0 Å². The number of aromatic carboxylic acids is 1. The third-order valence-corrected chi connectivity index (χ3v) is 2.48. The number of aryl methyl sites for hydroxylation is 1. The van der Waals surface area contributed by atoms with Crippen molar-refractivity contribution in [1.82, 2.24) is 5.32 Å². The number of carboxylic acids is 1. The molecule has 1 fully saturated rings. The lowest BCUT2D eigenvalue weighted by Crippen LogP contribution is -2.22. The first-order valence-electron chi connectivity index (χ1n) is 5.47. The molecule has 2 rings (SSSR count). The SMILES string of the molecule is Cc1cc(OCC2CNC(=O)O2)cc(C(=O)O)c1. The number of rotatable bonds is 4. The number of carboxylic acid groups (broad SMARTS) is 1. The minimum atomic E-state index is -1.00. The normalized spacial score (nSPS) is 18.1. The van der Waals surface area contributed by atoms with E-state index in [1.165, 1.54) is 6.07 Å². The van der Waals surface area contributed by atoms with Gasteiger partial charge in [-0.1, -0.05) is 0 Å². The van der Waals surface area contributed by atoms with Crippen molar-refractivity contribution in [2.24, 2.45) is 0 Å². The molecule has 6 nitrogen and oxygen atoms in total. The molecule has 0 radical (unpaired) electrons. The van der Waals surface area contributed by atoms with Crippen molar-refractivity contribution in [3.8, 4) is 5.75 Å². The van der Waals surface area contributed by atoms with Gasteiger partial charge in [0.1, 0.15) is 12.4 Å². The second-order valence-electron chi connectivity index (χ2n) is 4.06. The highest BCUT2D eigenvalue weighted by atomic mass is 16.6. The van der Waals surface area contributed by atoms with Crippen LogP contribution in [0.25, 0.3) is 0 Å². The van der Waals surface area contributed by atoms with Crippen LogP contribution in [0.3, 0.4) is 0 Å². The predicted octanol–water partition coefficient (Wildman–Crippen LogP) is 1.18. The molecule has 6 heteroatoms. The van der Waals surface area contributed by atoms with Crippen molar-refractivity contribution in [2.75, 3.05) is 13.2 Å². The van der Waals surface area contributed by atoms with Crippen molar-refractivity contribution >= 4 is 12.1 Å². The van der Waals surface area contributed by atoms with Gasteiger partial charge in [0.2, 0.25) is 0 Å². The van der Waals surface area contributed by atoms with Gasteiger partial charge in [-0.05, 0) is 30.7 Å². The Morgan fingerprint density at radius 3 is 2.94 bits per heavy atom. The maximum absolute atomic E-state index is 10.9. The number of nitrogens with one attached hydrogen (secondary N) is 1. The molecule has 2 N–H and O–H groups in total. The maximum Gasteiger partial charge on any atom is 0.407 e. The van der Waals surface area contributed by atoms with Crippen molar-refractivity contribution in [1.29, 1.82) is 0 Å². The third kappa shape index (κ3) is 2.91. The zero-order valence-corrected chi connectivity index (χ0v) is 9.80. The number of carbonyl (C=O) groups is 2. The van der Waals surface area contributed by atoms with E-state index in [0.717, 1.165) is 5.56 Å². The Morgan fingerprint density at radius 1 is 1.56 bits per heavy atom. The first kappa shape index (κ1) is 12.2. The van der Waals surface area contributed by atoms with E-state index in [4.69, 9.17) is 14.6 Å². The van der Waals surface area contributed by atoms with Crippen LogP contribution in [0.2, 0.25) is 0 Å². The van der Waals surface area contributed by atoms with Gasteiger partial charge in [-0.2, -0.15) is 0 Å². The molecule has 1 unspecified atom stereocenters. The predicted molar refractivity (Wildman–Crippen MR) is 61.9 cm³/mol. The summed E-state index contributed by atoms with van der Waals surface area (Å²) in [7, 11) is 0. The molecule has 0 aliphatic carbocycles. The summed E-state index contributed by atoms with van der Waals surface area (Å²) in [6.07, 6.45) is -0.801. The minimum Gasteiger partial charge on any atom is -0.490 e. The molecule has 0 bridgehead atoms. The summed E-state index contributed by atoms with van der Waals surface area (Å²) in [6.45, 7) is 2.38. The van der Waals surface area contributed by atoms with Gasteiger partial charge >= 0.3 is 12.1 Å². The second kappa shape index (κ2) is 4.95. The number of benzene rings is 1. The average molecular weight is 251 g/mol. The topological polar surface area (TPSA) is 84.9 Å². The van der Waals surface area contributed by atoms with Gasteiger partial charge in [0.05, 0.1) is 12.1 Å². The van der Waals surface area contributed by atoms with E-state index in [1.54, 1.807) is 19.1 Å². The fraction of sp³-hybridized carbons (Fsp3) is 0.333. The maximum atomic E-state index is 10.9. The quantitative estimate of drug-likeness (QED) is 0.839. The molecule has 1 aliphatic rings. The molecule has 0 saturated carbocycles. The van der Waals surface area contributed by atoms with Crippen LogP contribution < -0.4 is 10.1 Å². The number of alkyl carbamates (subject to hydrolysis) is 1. The van der Waals surface area contributed by atoms with Gasteiger partial charge in [-0.3, -0.25) is 0 Å². The Labute approximate surface area is 104 Å². The van der Waals surface area contributed by atoms with Crippen LogP contribution >= 0.6 is 0 Å². The molecular weight excluding hydrogens is 238 g/mol. The van der Waals surface area contributed by atoms with Crippen LogP contribution in [0, 0.1) is 6.92 Å². The highest BCUT2D eigenvalue weighted by Crippen LogP contribution is 2.17. The van der Waals surface area contributed by atoms with Gasteiger partial charge in [0.25, 0.3) is 0 Å². The van der Waals surface area contributed by atoms with E-state index in [-0.39, 0.29) is 18.3 Å². The van der Waals surface area contributed by atoms with Crippen molar-refractivity contribution in [3.63, 3.8) is 0 Å². The van der Waals surface area contributed by atoms with E-state index in [0.29, 0.717) is 12.3 Å². The second-order valence-corrected chi connectivity index (χ2v) is 4.06. The number of hydrogen-bond donors (Lipinski definition) is 2. The van der Waals surface area contributed by atoms with Crippen molar-refractivity contribution < 1.29 is 24.2 Å². The van der Waals surface area contributed by atoms with Gasteiger partial charge in [0.15, 0.2) is 6.10 Å². The van der Waals surface area contributed by atoms with Crippen LogP contribution in [0.1, 0.15) is 15.9 Å². The Balaban J connectivity index is 2.00. The number of cyclic esters (lactones) is 1. The zero-order chi connectivity index (χ0) is 13.1. The van der Waals surface area contributed by atoms with Crippen LogP contribution in [0.15, 0.2) is 18.2 Å². The Hall–Kier alpha value is -2.24. The Kier molecular flexibility index (Phi) is 3.36. The molecule has 1 aromatic carbocycles. The number of hydrogen-bond acceptors (Lipinski definition) is 4. The Bertz CT molecular complexity index is 485. The largest absolute Gasteiger partial charge is 0.490 e. The molecule has 0 spiro atoms. The highest BCUT2D eigenvalue weighted by Gasteiger charge is 2.23.